The number of amides is 1. The first-order chi connectivity index (χ1) is 7.50. The second-order valence-electron chi connectivity index (χ2n) is 4.05. The third kappa shape index (κ3) is 7.62. The van der Waals surface area contributed by atoms with Crippen molar-refractivity contribution in [1.82, 2.24) is 0 Å². The molecule has 16 heavy (non-hydrogen) atoms. The highest BCUT2D eigenvalue weighted by Gasteiger charge is 2.24. The minimum absolute atomic E-state index is 0.454. The van der Waals surface area contributed by atoms with E-state index in [-0.39, 0.29) is 0 Å². The minimum Gasteiger partial charge on any atom is -0.379 e. The molecule has 0 aromatic rings. The zero-order valence-electron chi connectivity index (χ0n) is 10.3. The predicted octanol–water partition coefficient (Wildman–Crippen LogP) is 0.413. The SMILES string of the molecule is CCOCCOCCCCC(C)(N)C(N)=O. The van der Waals surface area contributed by atoms with Gasteiger partial charge in [0.15, 0.2) is 0 Å². The fourth-order valence-electron chi connectivity index (χ4n) is 1.18. The van der Waals surface area contributed by atoms with Crippen molar-refractivity contribution < 1.29 is 14.3 Å². The van der Waals surface area contributed by atoms with Crippen LogP contribution < -0.4 is 11.5 Å². The van der Waals surface area contributed by atoms with Gasteiger partial charge < -0.3 is 20.9 Å². The number of hydrogen-bond acceptors (Lipinski definition) is 4. The van der Waals surface area contributed by atoms with Crippen molar-refractivity contribution in [3.8, 4) is 0 Å². The van der Waals surface area contributed by atoms with Crippen LogP contribution in [0.3, 0.4) is 0 Å². The van der Waals surface area contributed by atoms with Gasteiger partial charge >= 0.3 is 0 Å². The van der Waals surface area contributed by atoms with Gasteiger partial charge in [0, 0.05) is 13.2 Å². The zero-order valence-corrected chi connectivity index (χ0v) is 10.3. The number of carbonyl (C=O) groups excluding carboxylic acids is 1. The van der Waals surface area contributed by atoms with E-state index in [1.165, 1.54) is 0 Å². The summed E-state index contributed by atoms with van der Waals surface area (Å²) >= 11 is 0. The molecule has 0 aliphatic heterocycles. The van der Waals surface area contributed by atoms with Gasteiger partial charge in [0.2, 0.25) is 5.91 Å². The molecular formula is C11H24N2O3. The molecule has 0 radical (unpaired) electrons. The van der Waals surface area contributed by atoms with Crippen molar-refractivity contribution in [2.24, 2.45) is 11.5 Å². The lowest BCUT2D eigenvalue weighted by molar-refractivity contribution is -0.122. The number of carbonyl (C=O) groups is 1. The number of hydrogen-bond donors (Lipinski definition) is 2. The molecule has 5 heteroatoms. The van der Waals surface area contributed by atoms with Crippen molar-refractivity contribution >= 4 is 5.91 Å². The quantitative estimate of drug-likeness (QED) is 0.534. The summed E-state index contributed by atoms with van der Waals surface area (Å²) in [5.74, 6) is -0.454. The van der Waals surface area contributed by atoms with Crippen molar-refractivity contribution in [1.29, 1.82) is 0 Å². The summed E-state index contributed by atoms with van der Waals surface area (Å²) in [6.07, 6.45) is 2.31. The first kappa shape index (κ1) is 15.3. The monoisotopic (exact) mass is 232 g/mol. The summed E-state index contributed by atoms with van der Waals surface area (Å²) in [5.41, 5.74) is 9.96. The van der Waals surface area contributed by atoms with Gasteiger partial charge in [-0.15, -0.1) is 0 Å². The molecule has 0 spiro atoms. The van der Waals surface area contributed by atoms with Crippen LogP contribution in [0.2, 0.25) is 0 Å². The molecule has 4 N–H and O–H groups in total. The van der Waals surface area contributed by atoms with Gasteiger partial charge in [-0.25, -0.2) is 0 Å². The van der Waals surface area contributed by atoms with Gasteiger partial charge in [-0.3, -0.25) is 4.79 Å². The van der Waals surface area contributed by atoms with E-state index < -0.39 is 11.4 Å². The lowest BCUT2D eigenvalue weighted by atomic mass is 9.96. The summed E-state index contributed by atoms with van der Waals surface area (Å²) in [6.45, 7) is 6.24. The van der Waals surface area contributed by atoms with Crippen LogP contribution in [0.5, 0.6) is 0 Å². The molecule has 0 bridgehead atoms. The second kappa shape index (κ2) is 8.50. The summed E-state index contributed by atoms with van der Waals surface area (Å²) in [7, 11) is 0. The average Bonchev–Trinajstić information content (AvgIpc) is 2.21. The first-order valence-electron chi connectivity index (χ1n) is 5.75. The third-order valence-corrected chi connectivity index (χ3v) is 2.37. The molecule has 0 aromatic carbocycles. The lowest BCUT2D eigenvalue weighted by Gasteiger charge is -2.19. The summed E-state index contributed by atoms with van der Waals surface area (Å²) in [5, 5.41) is 0. The van der Waals surface area contributed by atoms with E-state index in [9.17, 15) is 4.79 Å². The molecule has 0 fully saturated rings. The molecule has 0 saturated carbocycles. The Hall–Kier alpha value is -0.650. The molecule has 1 amide bonds. The summed E-state index contributed by atoms with van der Waals surface area (Å²) in [4.78, 5) is 10.9. The number of ether oxygens (including phenoxy) is 2. The Bertz CT molecular complexity index is 196. The Labute approximate surface area is 97.5 Å². The van der Waals surface area contributed by atoms with E-state index in [2.05, 4.69) is 0 Å². The van der Waals surface area contributed by atoms with E-state index in [0.29, 0.717) is 32.8 Å². The van der Waals surface area contributed by atoms with Crippen molar-refractivity contribution in [3.63, 3.8) is 0 Å². The maximum absolute atomic E-state index is 10.9. The Morgan fingerprint density at radius 2 is 1.81 bits per heavy atom. The molecule has 1 unspecified atom stereocenters. The maximum Gasteiger partial charge on any atom is 0.237 e. The maximum atomic E-state index is 10.9. The second-order valence-corrected chi connectivity index (χ2v) is 4.05. The normalized spacial score (nSPS) is 14.7. The van der Waals surface area contributed by atoms with E-state index in [0.717, 1.165) is 12.8 Å². The predicted molar refractivity (Wildman–Crippen MR) is 62.9 cm³/mol. The minimum atomic E-state index is -0.897. The van der Waals surface area contributed by atoms with Gasteiger partial charge in [0.25, 0.3) is 0 Å². The lowest BCUT2D eigenvalue weighted by Crippen LogP contribution is -2.49. The molecule has 0 rings (SSSR count). The van der Waals surface area contributed by atoms with Crippen LogP contribution in [0.15, 0.2) is 0 Å². The molecule has 0 aromatic heterocycles. The van der Waals surface area contributed by atoms with Gasteiger partial charge in [-0.1, -0.05) is 0 Å². The number of nitrogens with two attached hydrogens (primary N) is 2. The van der Waals surface area contributed by atoms with Crippen LogP contribution in [-0.4, -0.2) is 37.9 Å². The molecule has 0 saturated heterocycles. The highest BCUT2D eigenvalue weighted by atomic mass is 16.5. The van der Waals surface area contributed by atoms with Crippen LogP contribution in [0.25, 0.3) is 0 Å². The van der Waals surface area contributed by atoms with Crippen molar-refractivity contribution in [2.45, 2.75) is 38.6 Å². The van der Waals surface area contributed by atoms with Gasteiger partial charge in [0.1, 0.15) is 0 Å². The molecule has 96 valence electrons. The fraction of sp³-hybridized carbons (Fsp3) is 0.909. The van der Waals surface area contributed by atoms with Gasteiger partial charge in [-0.05, 0) is 33.1 Å². The molecule has 0 heterocycles. The Morgan fingerprint density at radius 3 is 2.38 bits per heavy atom. The van der Waals surface area contributed by atoms with Crippen LogP contribution >= 0.6 is 0 Å². The first-order valence-corrected chi connectivity index (χ1v) is 5.75. The van der Waals surface area contributed by atoms with E-state index in [1.807, 2.05) is 6.92 Å². The molecule has 5 nitrogen and oxygen atoms in total. The zero-order chi connectivity index (χ0) is 12.4. The highest BCUT2D eigenvalue weighted by Crippen LogP contribution is 2.09. The Kier molecular flexibility index (Phi) is 8.15. The van der Waals surface area contributed by atoms with E-state index >= 15 is 0 Å². The average molecular weight is 232 g/mol. The standard InChI is InChI=1S/C11H24N2O3/c1-3-15-8-9-16-7-5-4-6-11(2,13)10(12)14/h3-9,13H2,1-2H3,(H2,12,14). The summed E-state index contributed by atoms with van der Waals surface area (Å²) < 4.78 is 10.4. The third-order valence-electron chi connectivity index (χ3n) is 2.37. The van der Waals surface area contributed by atoms with E-state index in [1.54, 1.807) is 6.92 Å². The van der Waals surface area contributed by atoms with Crippen LogP contribution in [0, 0.1) is 0 Å². The molecule has 0 aliphatic carbocycles. The summed E-state index contributed by atoms with van der Waals surface area (Å²) in [6, 6.07) is 0. The highest BCUT2D eigenvalue weighted by molar-refractivity contribution is 5.83. The van der Waals surface area contributed by atoms with Crippen LogP contribution in [0.1, 0.15) is 33.1 Å². The van der Waals surface area contributed by atoms with Gasteiger partial charge in [0.05, 0.1) is 18.8 Å². The number of primary amides is 1. The Balaban J connectivity index is 3.30. The molecule has 0 aliphatic rings. The largest absolute Gasteiger partial charge is 0.379 e. The van der Waals surface area contributed by atoms with Crippen molar-refractivity contribution in [3.05, 3.63) is 0 Å². The molecular weight excluding hydrogens is 208 g/mol. The Morgan fingerprint density at radius 1 is 1.19 bits per heavy atom. The van der Waals surface area contributed by atoms with E-state index in [4.69, 9.17) is 20.9 Å². The topological polar surface area (TPSA) is 87.6 Å². The van der Waals surface area contributed by atoms with Crippen LogP contribution in [-0.2, 0) is 14.3 Å². The number of unbranched alkanes of at least 4 members (excludes halogenated alkanes) is 1. The van der Waals surface area contributed by atoms with Gasteiger partial charge in [-0.2, -0.15) is 0 Å². The molecule has 1 atom stereocenters. The van der Waals surface area contributed by atoms with Crippen molar-refractivity contribution in [2.75, 3.05) is 26.4 Å². The fourth-order valence-corrected chi connectivity index (χ4v) is 1.18. The smallest absolute Gasteiger partial charge is 0.237 e. The number of rotatable bonds is 10. The van der Waals surface area contributed by atoms with Crippen LogP contribution in [0.4, 0.5) is 0 Å².